The maximum Gasteiger partial charge on any atom is 3.00 e. The van der Waals surface area contributed by atoms with Crippen LogP contribution in [0.15, 0.2) is 206 Å². The molecule has 0 aromatic heterocycles. The van der Waals surface area contributed by atoms with E-state index in [0.29, 0.717) is 0 Å². The molecule has 11 heteroatoms. The zero-order chi connectivity index (χ0) is 56.1. The molecule has 0 bridgehead atoms. The SMILES string of the molecule is C1CCOC1.C1CCOC1.C1CCOC1.C1CCOC1.C1CCOC1.COc1ccccc1[C-]=P(c1[c-]cccc1)(c1[c-]cccc1)c1ccccc1.COc1ccccc1[C-]=P(c1[c-]cccc1)(c1[c-]cccc1)c1ccccc1.[Y+3].[Y+3]. The minimum atomic E-state index is -2.26. The Bertz CT molecular complexity index is 2520. The van der Waals surface area contributed by atoms with Crippen LogP contribution < -0.4 is 41.3 Å². The molecule has 83 heavy (non-hydrogen) atoms. The van der Waals surface area contributed by atoms with E-state index in [-0.39, 0.29) is 65.4 Å². The third-order valence-corrected chi connectivity index (χ3v) is 20.7. The fourth-order valence-electron chi connectivity index (χ4n) is 9.25. The van der Waals surface area contributed by atoms with Crippen LogP contribution in [0.3, 0.4) is 0 Å². The van der Waals surface area contributed by atoms with Gasteiger partial charge in [-0.2, -0.15) is 156 Å². The van der Waals surface area contributed by atoms with E-state index < -0.39 is 13.8 Å². The number of hydrogen-bond acceptors (Lipinski definition) is 7. The van der Waals surface area contributed by atoms with Crippen molar-refractivity contribution < 1.29 is 98.6 Å². The third-order valence-electron chi connectivity index (χ3n) is 13.4. The van der Waals surface area contributed by atoms with E-state index >= 15 is 0 Å². The molecule has 426 valence electrons. The Labute approximate surface area is 548 Å². The molecule has 0 saturated carbocycles. The maximum atomic E-state index is 5.63. The van der Waals surface area contributed by atoms with Crippen LogP contribution in [0.2, 0.25) is 0 Å². The molecular formula is C72H80O7P2Y2. The van der Waals surface area contributed by atoms with Gasteiger partial charge >= 0.3 is 65.4 Å². The first kappa shape index (κ1) is 69.7. The Kier molecular flexibility index (Phi) is 35.2. The molecule has 0 spiro atoms. The fourth-order valence-corrected chi connectivity index (χ4v) is 16.3. The summed E-state index contributed by atoms with van der Waals surface area (Å²) in [4.78, 5) is 0. The van der Waals surface area contributed by atoms with Crippen LogP contribution in [0.5, 0.6) is 11.5 Å². The van der Waals surface area contributed by atoms with E-state index in [9.17, 15) is 0 Å². The molecule has 8 aromatic rings. The maximum absolute atomic E-state index is 5.63. The summed E-state index contributed by atoms with van der Waals surface area (Å²) < 4.78 is 36.0. The molecule has 7 nitrogen and oxygen atoms in total. The van der Waals surface area contributed by atoms with E-state index in [0.717, 1.165) is 110 Å². The Morgan fingerprint density at radius 2 is 0.530 bits per heavy atom. The summed E-state index contributed by atoms with van der Waals surface area (Å²) in [7, 11) is 3.40. The molecular weight excluding hydrogens is 1220 g/mol. The van der Waals surface area contributed by atoms with Gasteiger partial charge < -0.3 is 33.2 Å². The zero-order valence-electron chi connectivity index (χ0n) is 48.7. The molecule has 13 rings (SSSR count). The number of methoxy groups -OCH3 is 2. The van der Waals surface area contributed by atoms with Crippen molar-refractivity contribution in [3.63, 3.8) is 0 Å². The molecule has 5 aliphatic rings. The summed E-state index contributed by atoms with van der Waals surface area (Å²) in [5.74, 6) is 9.40. The predicted molar refractivity (Wildman–Crippen MR) is 340 cm³/mol. The van der Waals surface area contributed by atoms with Gasteiger partial charge in [-0.3, -0.25) is 0 Å². The summed E-state index contributed by atoms with van der Waals surface area (Å²) in [6.07, 6.45) is 12.8. The molecule has 5 heterocycles. The molecule has 0 N–H and O–H groups in total. The van der Waals surface area contributed by atoms with Gasteiger partial charge in [-0.1, -0.05) is 84.9 Å². The monoisotopic (exact) mass is 1300 g/mol. The first-order chi connectivity index (χ1) is 40.2. The van der Waals surface area contributed by atoms with Crippen molar-refractivity contribution >= 4 is 57.2 Å². The van der Waals surface area contributed by atoms with Crippen LogP contribution in [-0.4, -0.2) is 91.9 Å². The molecule has 0 atom stereocenters. The molecule has 0 radical (unpaired) electrons. The van der Waals surface area contributed by atoms with Crippen LogP contribution in [0.25, 0.3) is 0 Å². The quantitative estimate of drug-likeness (QED) is 0.0998. The molecule has 0 amide bonds. The van der Waals surface area contributed by atoms with Gasteiger partial charge in [0.1, 0.15) is 0 Å². The van der Waals surface area contributed by atoms with Gasteiger partial charge in [0, 0.05) is 77.6 Å². The van der Waals surface area contributed by atoms with Gasteiger partial charge in [0.15, 0.2) is 0 Å². The number of para-hydroxylation sites is 2. The smallest absolute Gasteiger partial charge is 0.554 e. The van der Waals surface area contributed by atoms with Crippen LogP contribution in [0.4, 0.5) is 0 Å². The molecule has 5 aliphatic heterocycles. The van der Waals surface area contributed by atoms with Crippen LogP contribution >= 0.6 is 13.8 Å². The summed E-state index contributed by atoms with van der Waals surface area (Å²) >= 11 is 0. The summed E-state index contributed by atoms with van der Waals surface area (Å²) in [6.45, 7) is 5.49. The first-order valence-corrected chi connectivity index (χ1v) is 32.3. The van der Waals surface area contributed by atoms with E-state index in [1.54, 1.807) is 14.2 Å². The second-order valence-corrected chi connectivity index (χ2v) is 25.3. The van der Waals surface area contributed by atoms with Gasteiger partial charge in [-0.05, 0) is 74.8 Å². The Morgan fingerprint density at radius 3 is 0.735 bits per heavy atom. The number of benzene rings is 8. The largest absolute Gasteiger partial charge is 3.00 e. The van der Waals surface area contributed by atoms with E-state index in [2.05, 4.69) is 145 Å². The number of ether oxygens (including phenoxy) is 7. The van der Waals surface area contributed by atoms with Crippen LogP contribution in [0, 0.1) is 24.3 Å². The minimum Gasteiger partial charge on any atom is -0.554 e. The fraction of sp³-hybridized carbons (Fsp3) is 0.306. The molecule has 0 unspecified atom stereocenters. The van der Waals surface area contributed by atoms with Crippen molar-refractivity contribution in [2.75, 3.05) is 80.3 Å². The Morgan fingerprint density at radius 1 is 0.301 bits per heavy atom. The van der Waals surface area contributed by atoms with Crippen LogP contribution in [0.1, 0.15) is 75.3 Å². The molecule has 5 saturated heterocycles. The zero-order valence-corrected chi connectivity index (χ0v) is 56.1. The van der Waals surface area contributed by atoms with Gasteiger partial charge in [-0.15, -0.1) is 47.1 Å². The number of hydrogen-bond donors (Lipinski definition) is 0. The van der Waals surface area contributed by atoms with E-state index in [1.165, 1.54) is 74.8 Å². The average molecular weight is 1300 g/mol. The predicted octanol–water partition coefficient (Wildman–Crippen LogP) is 12.6. The second kappa shape index (κ2) is 41.9. The van der Waals surface area contributed by atoms with Crippen molar-refractivity contribution in [3.05, 3.63) is 242 Å². The van der Waals surface area contributed by atoms with Crippen LogP contribution in [-0.2, 0) is 89.1 Å². The van der Waals surface area contributed by atoms with Gasteiger partial charge in [0.05, 0.1) is 14.2 Å². The summed E-state index contributed by atoms with van der Waals surface area (Å²) in [5.41, 5.74) is 1.91. The van der Waals surface area contributed by atoms with Crippen molar-refractivity contribution in [3.8, 4) is 11.5 Å². The van der Waals surface area contributed by atoms with E-state index in [1.807, 2.05) is 97.1 Å². The topological polar surface area (TPSA) is 64.6 Å². The number of rotatable bonds is 10. The Hall–Kier alpha value is -4.03. The average Bonchev–Trinajstić information content (AvgIpc) is 4.60. The van der Waals surface area contributed by atoms with Gasteiger partial charge in [0.2, 0.25) is 0 Å². The van der Waals surface area contributed by atoms with Crippen molar-refractivity contribution in [1.29, 1.82) is 0 Å². The van der Waals surface area contributed by atoms with Crippen molar-refractivity contribution in [2.45, 2.75) is 64.2 Å². The van der Waals surface area contributed by atoms with Gasteiger partial charge in [0.25, 0.3) is 0 Å². The summed E-state index contributed by atoms with van der Waals surface area (Å²) in [6, 6.07) is 83.9. The minimum absolute atomic E-state index is 0. The third kappa shape index (κ3) is 22.6. The molecule has 0 aliphatic carbocycles. The van der Waals surface area contributed by atoms with E-state index in [4.69, 9.17) is 33.2 Å². The molecule has 8 aromatic carbocycles. The van der Waals surface area contributed by atoms with Gasteiger partial charge in [-0.25, -0.2) is 0 Å². The second-order valence-electron chi connectivity index (χ2n) is 19.2. The van der Waals surface area contributed by atoms with Crippen molar-refractivity contribution in [2.24, 2.45) is 0 Å². The normalized spacial score (nSPS) is 14.7. The van der Waals surface area contributed by atoms with Crippen molar-refractivity contribution in [1.82, 2.24) is 0 Å². The molecule has 5 fully saturated rings. The Balaban J connectivity index is 0.000000210. The summed E-state index contributed by atoms with van der Waals surface area (Å²) in [5, 5.41) is 6.91. The first-order valence-electron chi connectivity index (χ1n) is 28.7. The standard InChI is InChI=1S/2C26H20OP.5C4H8O.2Y/c2*1-27-26-20-12-11-13-22(26)21-28(23-14-5-2-6-15-23,24-16-7-3-8-17-24)25-18-9-4-10-19-25;5*1-2-4-5-3-1;;/h2*2-16,18,20H,1H3;5*1-4H2;;/q2*-3;;;;;;2*+3.